The molecule has 0 aromatic heterocycles. The fraction of sp³-hybridized carbons (Fsp3) is 0.273. The molecule has 2 amide bonds. The van der Waals surface area contributed by atoms with E-state index in [1.54, 1.807) is 25.1 Å². The Bertz CT molecular complexity index is 421. The molecule has 1 aromatic carbocycles. The lowest BCUT2D eigenvalue weighted by atomic mass is 10.1. The van der Waals surface area contributed by atoms with Crippen LogP contribution in [-0.4, -0.2) is 36.5 Å². The summed E-state index contributed by atoms with van der Waals surface area (Å²) in [5, 5.41) is 17.8. The van der Waals surface area contributed by atoms with Crippen LogP contribution in [0.4, 0.5) is 21.0 Å². The highest BCUT2D eigenvalue weighted by Crippen LogP contribution is 2.28. The minimum absolute atomic E-state index is 0.461. The SMILES string of the molecule is Cc1c(N(C)C(=O)O)cccc1N(C)C(=O)O. The number of hydrogen-bond acceptors (Lipinski definition) is 2. The quantitative estimate of drug-likeness (QED) is 0.827. The van der Waals surface area contributed by atoms with Gasteiger partial charge in [0.2, 0.25) is 0 Å². The van der Waals surface area contributed by atoms with E-state index in [4.69, 9.17) is 10.2 Å². The van der Waals surface area contributed by atoms with Crippen molar-refractivity contribution in [3.63, 3.8) is 0 Å². The monoisotopic (exact) mass is 238 g/mol. The Morgan fingerprint density at radius 2 is 1.35 bits per heavy atom. The van der Waals surface area contributed by atoms with E-state index in [1.807, 2.05) is 0 Å². The van der Waals surface area contributed by atoms with Crippen molar-refractivity contribution in [3.05, 3.63) is 23.8 Å². The first-order chi connectivity index (χ1) is 7.86. The fourth-order valence-corrected chi connectivity index (χ4v) is 1.54. The van der Waals surface area contributed by atoms with Crippen molar-refractivity contribution in [1.29, 1.82) is 0 Å². The van der Waals surface area contributed by atoms with Gasteiger partial charge in [0.05, 0.1) is 11.4 Å². The van der Waals surface area contributed by atoms with Crippen LogP contribution in [0, 0.1) is 6.92 Å². The van der Waals surface area contributed by atoms with E-state index >= 15 is 0 Å². The lowest BCUT2D eigenvalue weighted by molar-refractivity contribution is 0.202. The van der Waals surface area contributed by atoms with Crippen molar-refractivity contribution in [2.75, 3.05) is 23.9 Å². The van der Waals surface area contributed by atoms with Crippen molar-refractivity contribution in [2.45, 2.75) is 6.92 Å². The number of hydrogen-bond donors (Lipinski definition) is 2. The van der Waals surface area contributed by atoms with Crippen molar-refractivity contribution < 1.29 is 19.8 Å². The molecule has 0 radical (unpaired) electrons. The highest BCUT2D eigenvalue weighted by Gasteiger charge is 2.17. The molecule has 0 spiro atoms. The molecule has 17 heavy (non-hydrogen) atoms. The van der Waals surface area contributed by atoms with Gasteiger partial charge in [0.15, 0.2) is 0 Å². The third kappa shape index (κ3) is 2.47. The Balaban J connectivity index is 3.25. The summed E-state index contributed by atoms with van der Waals surface area (Å²) in [5.74, 6) is 0. The zero-order valence-electron chi connectivity index (χ0n) is 9.84. The number of benzene rings is 1. The number of amides is 2. The Morgan fingerprint density at radius 3 is 1.65 bits per heavy atom. The Labute approximate surface area is 98.7 Å². The first kappa shape index (κ1) is 12.8. The number of rotatable bonds is 2. The van der Waals surface area contributed by atoms with E-state index in [0.29, 0.717) is 16.9 Å². The molecule has 0 heterocycles. The zero-order chi connectivity index (χ0) is 13.2. The molecule has 1 aromatic rings. The van der Waals surface area contributed by atoms with Crippen LogP contribution in [0.2, 0.25) is 0 Å². The van der Waals surface area contributed by atoms with E-state index in [-0.39, 0.29) is 0 Å². The summed E-state index contributed by atoms with van der Waals surface area (Å²) in [5.41, 5.74) is 1.52. The van der Waals surface area contributed by atoms with E-state index in [0.717, 1.165) is 9.80 Å². The van der Waals surface area contributed by atoms with E-state index < -0.39 is 12.2 Å². The van der Waals surface area contributed by atoms with Crippen LogP contribution < -0.4 is 9.80 Å². The Hall–Kier alpha value is -2.24. The molecule has 0 fully saturated rings. The van der Waals surface area contributed by atoms with Gasteiger partial charge in [-0.1, -0.05) is 6.07 Å². The molecule has 1 rings (SSSR count). The van der Waals surface area contributed by atoms with Gasteiger partial charge in [0.1, 0.15) is 0 Å². The van der Waals surface area contributed by atoms with Crippen LogP contribution in [0.5, 0.6) is 0 Å². The van der Waals surface area contributed by atoms with E-state index in [1.165, 1.54) is 14.1 Å². The van der Waals surface area contributed by atoms with Crippen molar-refractivity contribution in [3.8, 4) is 0 Å². The average molecular weight is 238 g/mol. The van der Waals surface area contributed by atoms with Crippen molar-refractivity contribution >= 4 is 23.6 Å². The molecule has 0 aliphatic carbocycles. The molecule has 0 aliphatic heterocycles. The average Bonchev–Trinajstić information content (AvgIpc) is 2.27. The molecule has 6 heteroatoms. The first-order valence-electron chi connectivity index (χ1n) is 4.89. The van der Waals surface area contributed by atoms with Crippen molar-refractivity contribution in [2.24, 2.45) is 0 Å². The lowest BCUT2D eigenvalue weighted by Crippen LogP contribution is -2.27. The van der Waals surface area contributed by atoms with Crippen LogP contribution >= 0.6 is 0 Å². The number of anilines is 2. The van der Waals surface area contributed by atoms with Crippen LogP contribution in [0.1, 0.15) is 5.56 Å². The minimum atomic E-state index is -1.09. The normalized spacial score (nSPS) is 9.82. The summed E-state index contributed by atoms with van der Waals surface area (Å²) < 4.78 is 0. The Kier molecular flexibility index (Phi) is 3.57. The number of nitrogens with zero attached hydrogens (tertiary/aromatic N) is 2. The first-order valence-corrected chi connectivity index (χ1v) is 4.89. The highest BCUT2D eigenvalue weighted by molar-refractivity contribution is 5.92. The van der Waals surface area contributed by atoms with Gasteiger partial charge < -0.3 is 10.2 Å². The smallest absolute Gasteiger partial charge is 0.411 e. The second kappa shape index (κ2) is 4.73. The lowest BCUT2D eigenvalue weighted by Gasteiger charge is -2.21. The van der Waals surface area contributed by atoms with Gasteiger partial charge in [-0.25, -0.2) is 9.59 Å². The van der Waals surface area contributed by atoms with Gasteiger partial charge in [-0.15, -0.1) is 0 Å². The summed E-state index contributed by atoms with van der Waals surface area (Å²) in [6, 6.07) is 4.88. The van der Waals surface area contributed by atoms with E-state index in [2.05, 4.69) is 0 Å². The second-order valence-electron chi connectivity index (χ2n) is 3.60. The van der Waals surface area contributed by atoms with Gasteiger partial charge in [0.25, 0.3) is 0 Å². The Morgan fingerprint density at radius 1 is 1.00 bits per heavy atom. The van der Waals surface area contributed by atoms with Gasteiger partial charge in [-0.3, -0.25) is 9.80 Å². The summed E-state index contributed by atoms with van der Waals surface area (Å²) in [6.45, 7) is 1.68. The summed E-state index contributed by atoms with van der Waals surface area (Å²) in [7, 11) is 2.82. The molecule has 0 bridgehead atoms. The summed E-state index contributed by atoms with van der Waals surface area (Å²) in [4.78, 5) is 23.8. The second-order valence-corrected chi connectivity index (χ2v) is 3.60. The number of carbonyl (C=O) groups is 2. The predicted molar refractivity (Wildman–Crippen MR) is 64.0 cm³/mol. The van der Waals surface area contributed by atoms with Crippen LogP contribution in [0.3, 0.4) is 0 Å². The third-order valence-corrected chi connectivity index (χ3v) is 2.57. The largest absolute Gasteiger partial charge is 0.465 e. The zero-order valence-corrected chi connectivity index (χ0v) is 9.84. The molecule has 0 saturated carbocycles. The van der Waals surface area contributed by atoms with Gasteiger partial charge in [0, 0.05) is 14.1 Å². The molecule has 2 N–H and O–H groups in total. The molecule has 0 atom stereocenters. The minimum Gasteiger partial charge on any atom is -0.465 e. The van der Waals surface area contributed by atoms with Crippen LogP contribution in [0.15, 0.2) is 18.2 Å². The van der Waals surface area contributed by atoms with Crippen molar-refractivity contribution in [1.82, 2.24) is 0 Å². The molecule has 0 saturated heterocycles. The van der Waals surface area contributed by atoms with Gasteiger partial charge in [-0.05, 0) is 24.6 Å². The maximum atomic E-state index is 10.9. The third-order valence-electron chi connectivity index (χ3n) is 2.57. The predicted octanol–water partition coefficient (Wildman–Crippen LogP) is 2.22. The standard InChI is InChI=1S/C11H14N2O4/c1-7-8(12(2)10(14)15)5-4-6-9(7)13(3)11(16)17/h4-6H,1-3H3,(H,14,15)(H,16,17). The number of carboxylic acid groups (broad SMARTS) is 2. The van der Waals surface area contributed by atoms with Crippen LogP contribution in [-0.2, 0) is 0 Å². The summed E-state index contributed by atoms with van der Waals surface area (Å²) >= 11 is 0. The highest BCUT2D eigenvalue weighted by atomic mass is 16.4. The molecule has 0 aliphatic rings. The maximum Gasteiger partial charge on any atom is 0.411 e. The topological polar surface area (TPSA) is 81.1 Å². The van der Waals surface area contributed by atoms with Gasteiger partial charge >= 0.3 is 12.2 Å². The maximum absolute atomic E-state index is 10.9. The van der Waals surface area contributed by atoms with E-state index in [9.17, 15) is 9.59 Å². The molecule has 0 unspecified atom stereocenters. The van der Waals surface area contributed by atoms with Crippen LogP contribution in [0.25, 0.3) is 0 Å². The molecule has 6 nitrogen and oxygen atoms in total. The molecule has 92 valence electrons. The summed E-state index contributed by atoms with van der Waals surface area (Å²) in [6.07, 6.45) is -2.19. The molecular formula is C11H14N2O4. The van der Waals surface area contributed by atoms with Gasteiger partial charge in [-0.2, -0.15) is 0 Å². The molecular weight excluding hydrogens is 224 g/mol. The fourth-order valence-electron chi connectivity index (χ4n) is 1.54.